The van der Waals surface area contributed by atoms with Crippen LogP contribution in [0.1, 0.15) is 45.2 Å². The predicted octanol–water partition coefficient (Wildman–Crippen LogP) is 4.17. The van der Waals surface area contributed by atoms with Crippen molar-refractivity contribution >= 4 is 8.56 Å². The van der Waals surface area contributed by atoms with E-state index in [1.165, 1.54) is 11.1 Å². The van der Waals surface area contributed by atoms with Crippen molar-refractivity contribution < 1.29 is 14.0 Å². The Hall–Kier alpha value is -0.943. The van der Waals surface area contributed by atoms with Gasteiger partial charge in [0.1, 0.15) is 5.22 Å². The van der Waals surface area contributed by atoms with Crippen LogP contribution in [0.4, 0.5) is 0 Å². The average Bonchev–Trinajstić information content (AvgIpc) is 2.46. The van der Waals surface area contributed by atoms with Crippen LogP contribution in [0, 0.1) is 0 Å². The average molecular weight is 337 g/mol. The van der Waals surface area contributed by atoms with Crippen LogP contribution in [0.5, 0.6) is 0 Å². The first-order valence-electron chi connectivity index (χ1n) is 8.38. The lowest BCUT2D eigenvalue weighted by Crippen LogP contribution is -2.60. The van der Waals surface area contributed by atoms with Gasteiger partial charge in [-0.3, -0.25) is 0 Å². The van der Waals surface area contributed by atoms with Gasteiger partial charge in [0.15, 0.2) is 0 Å². The summed E-state index contributed by atoms with van der Waals surface area (Å²) in [6.07, 6.45) is 4.77. The Balaban J connectivity index is 2.69. The molecule has 0 aliphatic carbocycles. The highest BCUT2D eigenvalue weighted by molar-refractivity contribution is 6.70. The number of aryl methyl sites for hydroxylation is 1. The maximum atomic E-state index is 10.6. The lowest BCUT2D eigenvalue weighted by Gasteiger charge is -2.40. The summed E-state index contributed by atoms with van der Waals surface area (Å²) in [6.45, 7) is 11.3. The lowest BCUT2D eigenvalue weighted by molar-refractivity contribution is 0.0499. The van der Waals surface area contributed by atoms with E-state index in [4.69, 9.17) is 8.85 Å². The molecule has 0 bridgehead atoms. The Morgan fingerprint density at radius 3 is 2.22 bits per heavy atom. The maximum absolute atomic E-state index is 10.6. The maximum Gasteiger partial charge on any atom is 0.370 e. The van der Waals surface area contributed by atoms with Gasteiger partial charge in [-0.2, -0.15) is 0 Å². The molecule has 1 atom stereocenters. The van der Waals surface area contributed by atoms with Crippen LogP contribution < -0.4 is 0 Å². The van der Waals surface area contributed by atoms with Crippen LogP contribution in [-0.2, 0) is 21.7 Å². The third-order valence-corrected chi connectivity index (χ3v) is 8.45. The highest BCUT2D eigenvalue weighted by atomic mass is 28.4. The Kier molecular flexibility index (Phi) is 7.68. The number of aliphatic hydroxyl groups is 1. The van der Waals surface area contributed by atoms with Crippen LogP contribution in [0.3, 0.4) is 0 Å². The smallest absolute Gasteiger partial charge is 0.370 e. The van der Waals surface area contributed by atoms with Crippen LogP contribution in [0.25, 0.3) is 0 Å². The van der Waals surface area contributed by atoms with Gasteiger partial charge in [0, 0.05) is 13.2 Å². The van der Waals surface area contributed by atoms with Crippen molar-refractivity contribution in [1.82, 2.24) is 0 Å². The van der Waals surface area contributed by atoms with E-state index in [9.17, 15) is 5.11 Å². The molecule has 0 spiro atoms. The number of rotatable bonds is 10. The Morgan fingerprint density at radius 1 is 1.22 bits per heavy atom. The summed E-state index contributed by atoms with van der Waals surface area (Å²) >= 11 is 0. The molecule has 1 unspecified atom stereocenters. The fourth-order valence-electron chi connectivity index (χ4n) is 2.82. The van der Waals surface area contributed by atoms with E-state index < -0.39 is 13.8 Å². The highest BCUT2D eigenvalue weighted by Gasteiger charge is 2.50. The monoisotopic (exact) mass is 336 g/mol. The molecule has 130 valence electrons. The standard InChI is InChI=1S/C19H32O3Si/c1-7-9-17-11-13-18(14-12-17)10-8-15-23(21-6,19(4,5)20)22-16(2)3/h7,11-14,16,20H,1,8-10,15H2,2-6H3. The van der Waals surface area contributed by atoms with Crippen LogP contribution in [-0.4, -0.2) is 32.1 Å². The quantitative estimate of drug-likeness (QED) is 0.515. The molecule has 0 aromatic heterocycles. The van der Waals surface area contributed by atoms with Crippen molar-refractivity contribution in [2.45, 2.75) is 64.3 Å². The summed E-state index contributed by atoms with van der Waals surface area (Å²) in [5, 5.41) is 9.64. The zero-order valence-corrected chi connectivity index (χ0v) is 16.3. The molecule has 23 heavy (non-hydrogen) atoms. The fraction of sp³-hybridized carbons (Fsp3) is 0.579. The van der Waals surface area contributed by atoms with Crippen LogP contribution >= 0.6 is 0 Å². The van der Waals surface area contributed by atoms with Gasteiger partial charge in [-0.05, 0) is 64.1 Å². The van der Waals surface area contributed by atoms with Gasteiger partial charge in [-0.1, -0.05) is 30.3 Å². The third-order valence-electron chi connectivity index (χ3n) is 4.06. The minimum absolute atomic E-state index is 0.0474. The topological polar surface area (TPSA) is 38.7 Å². The van der Waals surface area contributed by atoms with Crippen molar-refractivity contribution in [2.75, 3.05) is 7.11 Å². The van der Waals surface area contributed by atoms with E-state index >= 15 is 0 Å². The minimum atomic E-state index is -2.67. The van der Waals surface area contributed by atoms with E-state index in [2.05, 4.69) is 30.8 Å². The summed E-state index contributed by atoms with van der Waals surface area (Å²) in [5.74, 6) is 0. The molecule has 1 N–H and O–H groups in total. The molecule has 1 aromatic carbocycles. The van der Waals surface area contributed by atoms with E-state index in [-0.39, 0.29) is 6.10 Å². The van der Waals surface area contributed by atoms with Crippen molar-refractivity contribution in [2.24, 2.45) is 0 Å². The summed E-state index contributed by atoms with van der Waals surface area (Å²) in [5.41, 5.74) is 2.58. The second-order valence-electron chi connectivity index (χ2n) is 6.85. The second-order valence-corrected chi connectivity index (χ2v) is 10.7. The van der Waals surface area contributed by atoms with Gasteiger partial charge in [0.2, 0.25) is 0 Å². The molecule has 0 amide bonds. The molecule has 3 nitrogen and oxygen atoms in total. The van der Waals surface area contributed by atoms with Crippen LogP contribution in [0.2, 0.25) is 6.04 Å². The van der Waals surface area contributed by atoms with E-state index in [1.807, 2.05) is 19.9 Å². The van der Waals surface area contributed by atoms with Crippen molar-refractivity contribution in [3.05, 3.63) is 48.0 Å². The van der Waals surface area contributed by atoms with Crippen molar-refractivity contribution in [3.63, 3.8) is 0 Å². The fourth-order valence-corrected chi connectivity index (χ4v) is 6.05. The molecular weight excluding hydrogens is 304 g/mol. The second kappa shape index (κ2) is 8.78. The Bertz CT molecular complexity index is 476. The first-order chi connectivity index (χ1) is 10.7. The first kappa shape index (κ1) is 20.1. The Morgan fingerprint density at radius 2 is 1.78 bits per heavy atom. The van der Waals surface area contributed by atoms with Gasteiger partial charge in [-0.25, -0.2) is 0 Å². The van der Waals surface area contributed by atoms with E-state index in [0.29, 0.717) is 0 Å². The summed E-state index contributed by atoms with van der Waals surface area (Å²) < 4.78 is 11.9. The predicted molar refractivity (Wildman–Crippen MR) is 98.8 cm³/mol. The number of benzene rings is 1. The van der Waals surface area contributed by atoms with Gasteiger partial charge >= 0.3 is 8.56 Å². The lowest BCUT2D eigenvalue weighted by atomic mass is 10.1. The summed E-state index contributed by atoms with van der Waals surface area (Å²) in [6, 6.07) is 9.42. The van der Waals surface area contributed by atoms with Crippen LogP contribution in [0.15, 0.2) is 36.9 Å². The first-order valence-corrected chi connectivity index (χ1v) is 10.4. The largest absolute Gasteiger partial charge is 0.396 e. The molecule has 1 rings (SSSR count). The molecule has 0 aliphatic heterocycles. The molecular formula is C19H32O3Si. The zero-order chi connectivity index (χ0) is 17.5. The molecule has 0 heterocycles. The minimum Gasteiger partial charge on any atom is -0.396 e. The van der Waals surface area contributed by atoms with Crippen molar-refractivity contribution in [1.29, 1.82) is 0 Å². The molecule has 1 aromatic rings. The molecule has 0 saturated heterocycles. The summed E-state index contributed by atoms with van der Waals surface area (Å²) in [4.78, 5) is 0. The summed E-state index contributed by atoms with van der Waals surface area (Å²) in [7, 11) is -1.01. The molecule has 0 fully saturated rings. The molecule has 0 saturated carbocycles. The van der Waals surface area contributed by atoms with Gasteiger partial charge in [-0.15, -0.1) is 6.58 Å². The van der Waals surface area contributed by atoms with Crippen molar-refractivity contribution in [3.8, 4) is 0 Å². The highest BCUT2D eigenvalue weighted by Crippen LogP contribution is 2.29. The Labute approximate surface area is 142 Å². The zero-order valence-electron chi connectivity index (χ0n) is 15.3. The van der Waals surface area contributed by atoms with E-state index in [0.717, 1.165) is 25.3 Å². The molecule has 4 heteroatoms. The number of hydrogen-bond donors (Lipinski definition) is 1. The van der Waals surface area contributed by atoms with Gasteiger partial charge < -0.3 is 14.0 Å². The third kappa shape index (κ3) is 5.88. The SMILES string of the molecule is C=CCc1ccc(CCC[Si](OC)(OC(C)C)C(C)(C)O)cc1. The number of hydrogen-bond acceptors (Lipinski definition) is 3. The normalized spacial score (nSPS) is 14.7. The van der Waals surface area contributed by atoms with E-state index in [1.54, 1.807) is 21.0 Å². The van der Waals surface area contributed by atoms with Gasteiger partial charge in [0.05, 0.1) is 0 Å². The van der Waals surface area contributed by atoms with Gasteiger partial charge in [0.25, 0.3) is 0 Å². The number of allylic oxidation sites excluding steroid dienone is 1. The molecule has 0 radical (unpaired) electrons. The molecule has 0 aliphatic rings.